The number of amides is 1. The topological polar surface area (TPSA) is 164 Å². The Morgan fingerprint density at radius 1 is 1.08 bits per heavy atom. The number of nitrogens with zero attached hydrogens (tertiary/aromatic N) is 1. The number of carboxylic acid groups (broad SMARTS) is 1. The fraction of sp³-hybridized carbons (Fsp3) is 0.867. The van der Waals surface area contributed by atoms with Crippen LogP contribution in [0.25, 0.3) is 0 Å². The van der Waals surface area contributed by atoms with Gasteiger partial charge in [0, 0.05) is 5.92 Å². The SMILES string of the molecule is CCCC(CCC)C(=O)N(C(CS(=O)(=O)O)C(=O)O)C(N)(N)CCC. The molecule has 25 heavy (non-hydrogen) atoms. The molecule has 0 aromatic carbocycles. The van der Waals surface area contributed by atoms with Crippen LogP contribution in [0.1, 0.15) is 59.3 Å². The van der Waals surface area contributed by atoms with Crippen LogP contribution in [0.4, 0.5) is 0 Å². The van der Waals surface area contributed by atoms with Gasteiger partial charge in [0.25, 0.3) is 10.1 Å². The van der Waals surface area contributed by atoms with Crippen LogP contribution >= 0.6 is 0 Å². The molecule has 0 heterocycles. The first-order valence-corrected chi connectivity index (χ1v) is 10.1. The smallest absolute Gasteiger partial charge is 0.327 e. The molecule has 1 amide bonds. The Balaban J connectivity index is 6.04. The molecule has 0 fully saturated rings. The average molecular weight is 381 g/mol. The molecule has 1 atom stereocenters. The number of carbonyl (C=O) groups is 2. The Hall–Kier alpha value is -1.23. The van der Waals surface area contributed by atoms with E-state index in [4.69, 9.17) is 16.0 Å². The predicted octanol–water partition coefficient (Wildman–Crippen LogP) is 0.744. The highest BCUT2D eigenvalue weighted by Crippen LogP contribution is 2.24. The van der Waals surface area contributed by atoms with E-state index in [-0.39, 0.29) is 6.42 Å². The van der Waals surface area contributed by atoms with Crippen molar-refractivity contribution in [3.8, 4) is 0 Å². The van der Waals surface area contributed by atoms with Crippen LogP contribution in [0.5, 0.6) is 0 Å². The normalized spacial score (nSPS) is 13.7. The predicted molar refractivity (Wildman–Crippen MR) is 94.0 cm³/mol. The van der Waals surface area contributed by atoms with Gasteiger partial charge in [-0.3, -0.25) is 25.7 Å². The fourth-order valence-corrected chi connectivity index (χ4v) is 3.60. The summed E-state index contributed by atoms with van der Waals surface area (Å²) >= 11 is 0. The summed E-state index contributed by atoms with van der Waals surface area (Å²) in [5, 5.41) is 9.45. The van der Waals surface area contributed by atoms with E-state index in [1.165, 1.54) is 0 Å². The van der Waals surface area contributed by atoms with Gasteiger partial charge < -0.3 is 5.11 Å². The Bertz CT molecular complexity index is 543. The first kappa shape index (κ1) is 23.8. The average Bonchev–Trinajstić information content (AvgIpc) is 2.44. The van der Waals surface area contributed by atoms with Crippen molar-refractivity contribution < 1.29 is 27.7 Å². The molecular formula is C15H31N3O6S. The van der Waals surface area contributed by atoms with E-state index in [9.17, 15) is 23.1 Å². The molecule has 0 aromatic rings. The maximum Gasteiger partial charge on any atom is 0.327 e. The van der Waals surface area contributed by atoms with Crippen molar-refractivity contribution in [3.05, 3.63) is 0 Å². The van der Waals surface area contributed by atoms with Crippen molar-refractivity contribution in [1.29, 1.82) is 0 Å². The number of rotatable bonds is 12. The van der Waals surface area contributed by atoms with Crippen LogP contribution in [0, 0.1) is 5.92 Å². The van der Waals surface area contributed by atoms with Gasteiger partial charge in [0.2, 0.25) is 5.91 Å². The molecule has 0 aliphatic heterocycles. The highest BCUT2D eigenvalue weighted by molar-refractivity contribution is 7.85. The standard InChI is InChI=1S/C15H31N3O6S/c1-4-7-11(8-5-2)13(19)18(15(16,17)9-6-3)12(14(20)21)10-25(22,23)24/h11-12H,4-10,16-17H2,1-3H3,(H,20,21)(H,22,23,24). The van der Waals surface area contributed by atoms with Gasteiger partial charge in [0.1, 0.15) is 17.6 Å². The van der Waals surface area contributed by atoms with E-state index in [2.05, 4.69) is 0 Å². The number of aliphatic carboxylic acids is 1. The molecule has 6 N–H and O–H groups in total. The highest BCUT2D eigenvalue weighted by Gasteiger charge is 2.44. The molecule has 0 aliphatic carbocycles. The summed E-state index contributed by atoms with van der Waals surface area (Å²) in [6, 6.07) is -1.86. The van der Waals surface area contributed by atoms with E-state index >= 15 is 0 Å². The minimum Gasteiger partial charge on any atom is -0.480 e. The van der Waals surface area contributed by atoms with Crippen molar-refractivity contribution in [2.24, 2.45) is 17.4 Å². The van der Waals surface area contributed by atoms with E-state index < -0.39 is 45.5 Å². The van der Waals surface area contributed by atoms with E-state index in [0.717, 1.165) is 4.90 Å². The zero-order valence-electron chi connectivity index (χ0n) is 15.1. The third-order valence-electron chi connectivity index (χ3n) is 3.93. The maximum atomic E-state index is 13.0. The maximum absolute atomic E-state index is 13.0. The lowest BCUT2D eigenvalue weighted by molar-refractivity contribution is -0.158. The summed E-state index contributed by atoms with van der Waals surface area (Å²) < 4.78 is 31.6. The van der Waals surface area contributed by atoms with Crippen molar-refractivity contribution in [3.63, 3.8) is 0 Å². The van der Waals surface area contributed by atoms with Crippen LogP contribution in [0.2, 0.25) is 0 Å². The number of carboxylic acids is 1. The zero-order valence-corrected chi connectivity index (χ0v) is 16.0. The molecule has 10 heteroatoms. The van der Waals surface area contributed by atoms with Crippen LogP contribution < -0.4 is 11.5 Å². The number of hydrogen-bond donors (Lipinski definition) is 4. The Kier molecular flexibility index (Phi) is 9.55. The molecule has 0 aliphatic rings. The molecule has 0 radical (unpaired) electrons. The quantitative estimate of drug-likeness (QED) is 0.284. The molecule has 0 saturated heterocycles. The zero-order chi connectivity index (χ0) is 19.8. The number of carbonyl (C=O) groups excluding carboxylic acids is 1. The second kappa shape index (κ2) is 10.0. The highest BCUT2D eigenvalue weighted by atomic mass is 32.2. The third kappa shape index (κ3) is 7.68. The van der Waals surface area contributed by atoms with Crippen LogP contribution in [-0.2, 0) is 19.7 Å². The van der Waals surface area contributed by atoms with Gasteiger partial charge >= 0.3 is 5.97 Å². The van der Waals surface area contributed by atoms with E-state index in [1.807, 2.05) is 13.8 Å². The first-order valence-electron chi connectivity index (χ1n) is 8.50. The van der Waals surface area contributed by atoms with E-state index in [1.54, 1.807) is 6.92 Å². The summed E-state index contributed by atoms with van der Waals surface area (Å²) in [5.41, 5.74) is 12.0. The minimum atomic E-state index is -4.66. The summed E-state index contributed by atoms with van der Waals surface area (Å²) in [4.78, 5) is 25.4. The monoisotopic (exact) mass is 381 g/mol. The van der Waals surface area contributed by atoms with Crippen LogP contribution in [-0.4, -0.2) is 52.4 Å². The molecule has 9 nitrogen and oxygen atoms in total. The summed E-state index contributed by atoms with van der Waals surface area (Å²) in [5.74, 6) is -5.70. The third-order valence-corrected chi connectivity index (χ3v) is 4.66. The second-order valence-corrected chi connectivity index (χ2v) is 7.82. The molecule has 0 bridgehead atoms. The van der Waals surface area contributed by atoms with Gasteiger partial charge in [0.15, 0.2) is 0 Å². The van der Waals surface area contributed by atoms with Crippen molar-refractivity contribution >= 4 is 22.0 Å². The van der Waals surface area contributed by atoms with Crippen LogP contribution in [0.15, 0.2) is 0 Å². The molecule has 148 valence electrons. The Morgan fingerprint density at radius 3 is 1.88 bits per heavy atom. The van der Waals surface area contributed by atoms with Gasteiger partial charge in [0.05, 0.1) is 0 Å². The molecule has 0 saturated carbocycles. The van der Waals surface area contributed by atoms with Crippen molar-refractivity contribution in [1.82, 2.24) is 4.90 Å². The lowest BCUT2D eigenvalue weighted by Gasteiger charge is -2.42. The molecule has 0 rings (SSSR count). The molecular weight excluding hydrogens is 350 g/mol. The Morgan fingerprint density at radius 2 is 1.56 bits per heavy atom. The molecule has 1 unspecified atom stereocenters. The number of hydrogen-bond acceptors (Lipinski definition) is 6. The first-order chi connectivity index (χ1) is 11.4. The van der Waals surface area contributed by atoms with Gasteiger partial charge in [-0.25, -0.2) is 4.79 Å². The number of nitrogens with two attached hydrogens (primary N) is 2. The summed E-state index contributed by atoms with van der Waals surface area (Å²) in [6.45, 7) is 5.53. The molecule has 0 spiro atoms. The fourth-order valence-electron chi connectivity index (χ4n) is 2.91. The van der Waals surface area contributed by atoms with Crippen LogP contribution in [0.3, 0.4) is 0 Å². The largest absolute Gasteiger partial charge is 0.480 e. The second-order valence-electron chi connectivity index (χ2n) is 6.33. The minimum absolute atomic E-state index is 0.0823. The van der Waals surface area contributed by atoms with Crippen molar-refractivity contribution in [2.75, 3.05) is 5.75 Å². The lowest BCUT2D eigenvalue weighted by atomic mass is 9.94. The van der Waals surface area contributed by atoms with Gasteiger partial charge in [-0.15, -0.1) is 0 Å². The van der Waals surface area contributed by atoms with E-state index in [0.29, 0.717) is 32.1 Å². The summed E-state index contributed by atoms with van der Waals surface area (Å²) in [7, 11) is -4.66. The Labute approximate surface area is 149 Å². The van der Waals surface area contributed by atoms with Gasteiger partial charge in [-0.2, -0.15) is 8.42 Å². The lowest BCUT2D eigenvalue weighted by Crippen LogP contribution is -2.70. The van der Waals surface area contributed by atoms with Gasteiger partial charge in [-0.05, 0) is 19.3 Å². The molecule has 0 aromatic heterocycles. The van der Waals surface area contributed by atoms with Gasteiger partial charge in [-0.1, -0.05) is 40.0 Å². The summed E-state index contributed by atoms with van der Waals surface area (Å²) in [6.07, 6.45) is 2.93. The van der Waals surface area contributed by atoms with Crippen molar-refractivity contribution in [2.45, 2.75) is 71.1 Å².